The van der Waals surface area contributed by atoms with Gasteiger partial charge in [-0.1, -0.05) is 49.0 Å². The minimum atomic E-state index is -2.27. The van der Waals surface area contributed by atoms with Crippen LogP contribution in [0.2, 0.25) is 0 Å². The van der Waals surface area contributed by atoms with E-state index in [1.54, 1.807) is 14.2 Å². The molecule has 13 heteroatoms. The molecule has 1 saturated carbocycles. The normalized spacial score (nSPS) is 31.8. The molecule has 0 amide bonds. The zero-order valence-electron chi connectivity index (χ0n) is 37.1. The number of rotatable bonds is 8. The molecule has 3 aromatic rings. The van der Waals surface area contributed by atoms with Gasteiger partial charge in [0, 0.05) is 104 Å². The van der Waals surface area contributed by atoms with E-state index in [4.69, 9.17) is 23.7 Å². The van der Waals surface area contributed by atoms with Gasteiger partial charge in [0.25, 0.3) is 0 Å². The van der Waals surface area contributed by atoms with Gasteiger partial charge in [0.1, 0.15) is 17.8 Å². The first-order valence-corrected chi connectivity index (χ1v) is 21.9. The van der Waals surface area contributed by atoms with Crippen molar-refractivity contribution in [2.45, 2.75) is 87.6 Å². The van der Waals surface area contributed by atoms with E-state index in [0.29, 0.717) is 56.8 Å². The summed E-state index contributed by atoms with van der Waals surface area (Å²) < 4.78 is 29.2. The molecule has 13 nitrogen and oxygen atoms in total. The second-order valence-corrected chi connectivity index (χ2v) is 18.0. The lowest BCUT2D eigenvalue weighted by Gasteiger charge is -2.59. The number of methoxy groups -OCH3 is 4. The minimum Gasteiger partial charge on any atom is -0.496 e. The predicted octanol–water partition coefficient (Wildman–Crippen LogP) is 4.75. The molecule has 9 atom stereocenters. The van der Waals surface area contributed by atoms with Crippen LogP contribution in [0.1, 0.15) is 74.4 Å². The molecule has 1 saturated heterocycles. The SMILES string of the molecule is CCC1=C[C@H]2CN(C1)Cc1c([nH]c3ccc(C#CCOC)cc13)[C@@](C(=O)OC)(c1cc3c(cc1OC)N(C)[C@H]1[C@@](O)(C(=O)OC)[C@H](OC(C)=O)C4C(CC)=CCN5CC[C@]31[C@H]45)C2. The highest BCUT2D eigenvalue weighted by atomic mass is 16.6. The van der Waals surface area contributed by atoms with Crippen LogP contribution in [0.4, 0.5) is 5.69 Å². The van der Waals surface area contributed by atoms with Gasteiger partial charge < -0.3 is 38.7 Å². The van der Waals surface area contributed by atoms with E-state index in [0.717, 1.165) is 64.1 Å². The van der Waals surface area contributed by atoms with Crippen molar-refractivity contribution < 1.29 is 43.2 Å². The minimum absolute atomic E-state index is 0.00934. The Morgan fingerprint density at radius 2 is 1.79 bits per heavy atom. The summed E-state index contributed by atoms with van der Waals surface area (Å²) in [4.78, 5) is 53.3. The van der Waals surface area contributed by atoms with Crippen molar-refractivity contribution in [2.24, 2.45) is 11.8 Å². The van der Waals surface area contributed by atoms with Crippen molar-refractivity contribution in [3.63, 3.8) is 0 Å². The maximum Gasteiger partial charge on any atom is 0.344 e. The molecule has 2 unspecified atom stereocenters. The van der Waals surface area contributed by atoms with Gasteiger partial charge in [-0.25, -0.2) is 4.79 Å². The zero-order chi connectivity index (χ0) is 43.9. The number of benzene rings is 2. The lowest BCUT2D eigenvalue weighted by Crippen LogP contribution is -2.78. The largest absolute Gasteiger partial charge is 0.496 e. The molecule has 2 bridgehead atoms. The van der Waals surface area contributed by atoms with E-state index < -0.39 is 52.4 Å². The molecule has 9 rings (SSSR count). The quantitative estimate of drug-likeness (QED) is 0.140. The number of carbonyl (C=O) groups is 3. The summed E-state index contributed by atoms with van der Waals surface area (Å²) in [6.07, 6.45) is 5.80. The van der Waals surface area contributed by atoms with Crippen molar-refractivity contribution in [1.82, 2.24) is 14.8 Å². The summed E-state index contributed by atoms with van der Waals surface area (Å²) in [5, 5.41) is 14.3. The molecule has 62 heavy (non-hydrogen) atoms. The van der Waals surface area contributed by atoms with E-state index in [1.165, 1.54) is 26.7 Å². The highest BCUT2D eigenvalue weighted by Gasteiger charge is 2.77. The first-order chi connectivity index (χ1) is 29.8. The van der Waals surface area contributed by atoms with Gasteiger partial charge in [-0.2, -0.15) is 0 Å². The van der Waals surface area contributed by atoms with E-state index in [-0.39, 0.29) is 12.0 Å². The molecule has 1 spiro atoms. The Hall–Kier alpha value is -5.13. The van der Waals surface area contributed by atoms with Gasteiger partial charge in [0.15, 0.2) is 6.10 Å². The fraction of sp³-hybridized carbons (Fsp3) is 0.531. The van der Waals surface area contributed by atoms with Crippen molar-refractivity contribution in [3.05, 3.63) is 81.6 Å². The molecule has 2 N–H and O–H groups in total. The van der Waals surface area contributed by atoms with Crippen LogP contribution in [0, 0.1) is 23.7 Å². The Bertz CT molecular complexity index is 2480. The summed E-state index contributed by atoms with van der Waals surface area (Å²) >= 11 is 0. The molecule has 6 heterocycles. The standard InChI is InChI=1S/C49H58N4O9/c1-9-29-20-31-24-48(45(55)60-7,41-34(27-52(25-29)26-31)33-21-30(12-11-19-58-5)13-14-37(33)50-41)36-22-35-38(23-39(36)59-6)51(4)44-47(35)16-18-53-17-15-32(10-2)40(42(47)53)43(62-28(3)54)49(44,57)46(56)61-8/h13-15,20-23,31,40,42-44,50,57H,9-10,16-19,24-27H2,1-8H3/t31-,40?,42+,43-,44-,47-,48+,49-/m1/s1. The molecule has 6 aliphatic rings. The average molecular weight is 847 g/mol. The number of ether oxygens (including phenoxy) is 5. The fourth-order valence-electron chi connectivity index (χ4n) is 12.9. The van der Waals surface area contributed by atoms with Gasteiger partial charge in [-0.05, 0) is 73.5 Å². The fourth-order valence-corrected chi connectivity index (χ4v) is 12.9. The number of nitrogens with one attached hydrogen (secondary N) is 1. The third-order valence-electron chi connectivity index (χ3n) is 15.1. The van der Waals surface area contributed by atoms with Crippen molar-refractivity contribution in [2.75, 3.05) is 73.2 Å². The van der Waals surface area contributed by atoms with Gasteiger partial charge in [0.2, 0.25) is 5.60 Å². The maximum absolute atomic E-state index is 15.4. The summed E-state index contributed by atoms with van der Waals surface area (Å²) in [7, 11) is 7.82. The Balaban J connectivity index is 1.35. The second kappa shape index (κ2) is 15.6. The van der Waals surface area contributed by atoms with Crippen LogP contribution >= 0.6 is 0 Å². The summed E-state index contributed by atoms with van der Waals surface area (Å²) in [5.41, 5.74) is 3.55. The molecule has 1 aliphatic carbocycles. The van der Waals surface area contributed by atoms with E-state index in [2.05, 4.69) is 64.8 Å². The number of fused-ring (bicyclic) bond motifs is 6. The first-order valence-electron chi connectivity index (χ1n) is 21.9. The van der Waals surface area contributed by atoms with E-state index in [1.807, 2.05) is 30.1 Å². The molecule has 328 valence electrons. The molecule has 2 aromatic carbocycles. The van der Waals surface area contributed by atoms with E-state index in [9.17, 15) is 14.7 Å². The van der Waals surface area contributed by atoms with Crippen molar-refractivity contribution >= 4 is 34.5 Å². The Kier molecular flexibility index (Phi) is 10.6. The average Bonchev–Trinajstić information content (AvgIpc) is 3.91. The third kappa shape index (κ3) is 5.86. The van der Waals surface area contributed by atoms with Crippen LogP contribution in [0.25, 0.3) is 10.9 Å². The van der Waals surface area contributed by atoms with Crippen molar-refractivity contribution in [3.8, 4) is 17.6 Å². The molecule has 2 fully saturated rings. The second-order valence-electron chi connectivity index (χ2n) is 18.0. The van der Waals surface area contributed by atoms with Crippen molar-refractivity contribution in [1.29, 1.82) is 0 Å². The van der Waals surface area contributed by atoms with Gasteiger partial charge in [-0.15, -0.1) is 0 Å². The van der Waals surface area contributed by atoms with Crippen LogP contribution < -0.4 is 9.64 Å². The number of hydrogen-bond acceptors (Lipinski definition) is 12. The van der Waals surface area contributed by atoms with Crippen LogP contribution in [0.5, 0.6) is 5.75 Å². The predicted molar refractivity (Wildman–Crippen MR) is 233 cm³/mol. The molecule has 5 aliphatic heterocycles. The number of aromatic nitrogens is 1. The number of anilines is 1. The van der Waals surface area contributed by atoms with Gasteiger partial charge in [-0.3, -0.25) is 19.4 Å². The Labute approximate surface area is 363 Å². The summed E-state index contributed by atoms with van der Waals surface area (Å²) in [6.45, 7) is 9.38. The lowest BCUT2D eigenvalue weighted by molar-refractivity contribution is -0.212. The number of esters is 3. The maximum atomic E-state index is 15.4. The number of hydrogen-bond donors (Lipinski definition) is 2. The van der Waals surface area contributed by atoms with Crippen LogP contribution in [0.15, 0.2) is 53.6 Å². The number of likely N-dealkylation sites (N-methyl/N-ethyl adjacent to an activating group) is 1. The number of aromatic amines is 1. The van der Waals surface area contributed by atoms with Gasteiger partial charge >= 0.3 is 17.9 Å². The summed E-state index contributed by atoms with van der Waals surface area (Å²) in [6, 6.07) is 9.02. The molecular weight excluding hydrogens is 789 g/mol. The lowest BCUT2D eigenvalue weighted by atomic mass is 9.52. The van der Waals surface area contributed by atoms with Crippen LogP contribution in [0.3, 0.4) is 0 Å². The number of H-pyrrole nitrogens is 1. The van der Waals surface area contributed by atoms with Crippen LogP contribution in [-0.4, -0.2) is 130 Å². The topological polar surface area (TPSA) is 143 Å². The Morgan fingerprint density at radius 3 is 2.48 bits per heavy atom. The third-order valence-corrected chi connectivity index (χ3v) is 15.1. The van der Waals surface area contributed by atoms with E-state index >= 15 is 4.79 Å². The molecule has 1 aromatic heterocycles. The zero-order valence-corrected chi connectivity index (χ0v) is 37.1. The highest BCUT2D eigenvalue weighted by Crippen LogP contribution is 2.65. The molecular formula is C49H58N4O9. The monoisotopic (exact) mass is 846 g/mol. The summed E-state index contributed by atoms with van der Waals surface area (Å²) in [5.74, 6) is 4.41. The molecule has 0 radical (unpaired) electrons. The number of carbonyl (C=O) groups excluding carboxylic acids is 3. The Morgan fingerprint density at radius 1 is 1.00 bits per heavy atom. The number of aliphatic hydroxyl groups is 1. The van der Waals surface area contributed by atoms with Crippen LogP contribution in [-0.2, 0) is 50.7 Å². The smallest absolute Gasteiger partial charge is 0.344 e. The number of nitrogens with zero attached hydrogens (tertiary/aromatic N) is 3. The van der Waals surface area contributed by atoms with Gasteiger partial charge in [0.05, 0.1) is 27.4 Å². The highest BCUT2D eigenvalue weighted by molar-refractivity contribution is 5.95. The first kappa shape index (κ1) is 42.2.